The van der Waals surface area contributed by atoms with E-state index in [1.807, 2.05) is 0 Å². The Morgan fingerprint density at radius 2 is 1.40 bits per heavy atom. The maximum Gasteiger partial charge on any atom is 0.407 e. The van der Waals surface area contributed by atoms with Gasteiger partial charge in [-0.3, -0.25) is 19.2 Å². The summed E-state index contributed by atoms with van der Waals surface area (Å²) in [7, 11) is 2.72. The van der Waals surface area contributed by atoms with Crippen LogP contribution in [0.3, 0.4) is 0 Å². The lowest BCUT2D eigenvalue weighted by Gasteiger charge is -2.20. The molecule has 2 amide bonds. The number of nitrogens with one attached hydrogen (secondary N) is 1. The summed E-state index contributed by atoms with van der Waals surface area (Å²) in [6, 6.07) is 4.56. The lowest BCUT2D eigenvalue weighted by molar-refractivity contribution is -0.156. The van der Waals surface area contributed by atoms with Gasteiger partial charge in [-0.25, -0.2) is 13.6 Å². The number of carbonyl (C=O) groups excluding carboxylic acids is 5. The van der Waals surface area contributed by atoms with Crippen LogP contribution >= 0.6 is 11.3 Å². The zero-order valence-electron chi connectivity index (χ0n) is 34.4. The number of thiophene rings is 1. The van der Waals surface area contributed by atoms with E-state index in [4.69, 9.17) is 33.2 Å². The van der Waals surface area contributed by atoms with Gasteiger partial charge >= 0.3 is 18.0 Å². The number of rotatable bonds is 18. The normalized spacial score (nSPS) is 13.1. The van der Waals surface area contributed by atoms with Crippen LogP contribution in [0.15, 0.2) is 18.2 Å². The molecule has 1 aliphatic rings. The number of halogens is 2. The van der Waals surface area contributed by atoms with Crippen molar-refractivity contribution in [3.8, 4) is 23.0 Å². The smallest absolute Gasteiger partial charge is 0.407 e. The molecule has 0 spiro atoms. The number of ether oxygens (including phenoxy) is 7. The molecule has 0 aliphatic carbocycles. The van der Waals surface area contributed by atoms with Crippen LogP contribution in [0, 0.1) is 11.6 Å². The van der Waals surface area contributed by atoms with E-state index in [2.05, 4.69) is 5.32 Å². The van der Waals surface area contributed by atoms with Crippen molar-refractivity contribution >= 4 is 51.1 Å². The summed E-state index contributed by atoms with van der Waals surface area (Å²) in [5, 5.41) is 2.65. The number of amides is 2. The van der Waals surface area contributed by atoms with Gasteiger partial charge in [-0.1, -0.05) is 0 Å². The summed E-state index contributed by atoms with van der Waals surface area (Å²) in [4.78, 5) is 63.8. The molecule has 17 heteroatoms. The van der Waals surface area contributed by atoms with E-state index in [1.54, 1.807) is 60.6 Å². The molecule has 2 heterocycles. The Balaban J connectivity index is 1.29. The molecule has 0 saturated carbocycles. The van der Waals surface area contributed by atoms with Crippen LogP contribution in [0.1, 0.15) is 101 Å². The number of benzene rings is 2. The highest BCUT2D eigenvalue weighted by atomic mass is 32.1. The Kier molecular flexibility index (Phi) is 15.3. The molecule has 58 heavy (non-hydrogen) atoms. The Bertz CT molecular complexity index is 2000. The van der Waals surface area contributed by atoms with Gasteiger partial charge in [0.25, 0.3) is 0 Å². The third-order valence-corrected chi connectivity index (χ3v) is 9.53. The number of fused-ring (bicyclic) bond motifs is 2. The fraction of sp³-hybridized carbons (Fsp3) is 0.537. The van der Waals surface area contributed by atoms with Crippen LogP contribution in [0.5, 0.6) is 23.0 Å². The number of hydrogen-bond acceptors (Lipinski definition) is 13. The molecule has 0 unspecified atom stereocenters. The van der Waals surface area contributed by atoms with Crippen molar-refractivity contribution in [3.05, 3.63) is 45.8 Å². The molecule has 3 aromatic rings. The number of esters is 2. The second-order valence-electron chi connectivity index (χ2n) is 15.6. The highest BCUT2D eigenvalue weighted by Crippen LogP contribution is 2.41. The number of hydrogen-bond donors (Lipinski definition) is 1. The van der Waals surface area contributed by atoms with Crippen LogP contribution < -0.4 is 24.3 Å². The molecule has 0 saturated heterocycles. The third-order valence-electron chi connectivity index (χ3n) is 8.41. The van der Waals surface area contributed by atoms with Crippen molar-refractivity contribution in [2.24, 2.45) is 0 Å². The highest BCUT2D eigenvalue weighted by Gasteiger charge is 2.31. The van der Waals surface area contributed by atoms with Gasteiger partial charge < -0.3 is 43.4 Å². The van der Waals surface area contributed by atoms with Crippen molar-refractivity contribution in [3.63, 3.8) is 0 Å². The van der Waals surface area contributed by atoms with Gasteiger partial charge in [0, 0.05) is 54.1 Å². The van der Waals surface area contributed by atoms with E-state index in [1.165, 1.54) is 25.2 Å². The molecule has 14 nitrogen and oxygen atoms in total. The number of alkyl carbamates (subject to hydrolysis) is 1. The van der Waals surface area contributed by atoms with Crippen LogP contribution in [0.25, 0.3) is 10.1 Å². The van der Waals surface area contributed by atoms with E-state index >= 15 is 8.78 Å². The van der Waals surface area contributed by atoms with Crippen LogP contribution in [0.4, 0.5) is 13.6 Å². The highest BCUT2D eigenvalue weighted by molar-refractivity contribution is 7.20. The van der Waals surface area contributed by atoms with Gasteiger partial charge in [-0.05, 0) is 66.2 Å². The van der Waals surface area contributed by atoms with E-state index in [0.29, 0.717) is 10.3 Å². The Morgan fingerprint density at radius 3 is 2.02 bits per heavy atom. The number of methoxy groups -OCH3 is 2. The van der Waals surface area contributed by atoms with Gasteiger partial charge in [-0.15, -0.1) is 11.3 Å². The van der Waals surface area contributed by atoms with Gasteiger partial charge in [0.1, 0.15) is 17.3 Å². The summed E-state index contributed by atoms with van der Waals surface area (Å²) in [5.74, 6) is -3.32. The standard InChI is InChI=1S/C41H52F2N2O12S/c1-23(20-44-39(50)57-41(5,6)7)55-33(48)13-11-27(46)31-18-25-30(58-31)19-29(52-9)38(35(25)42)54-16-10-15-53-37-28(51-8)17-24-21-45(22-26(24)36(37)43)32(47)12-14-34(49)56-40(2,3)4/h17-19,23H,10-16,20-22H2,1-9H3,(H,44,50)/t23-/m1/s1. The lowest BCUT2D eigenvalue weighted by Crippen LogP contribution is -2.37. The minimum Gasteiger partial charge on any atom is -0.493 e. The molecule has 318 valence electrons. The van der Waals surface area contributed by atoms with Crippen molar-refractivity contribution in [2.45, 2.75) is 111 Å². The molecular formula is C41H52F2N2O12S. The minimum atomic E-state index is -0.743. The first kappa shape index (κ1) is 45.5. The van der Waals surface area contributed by atoms with Crippen molar-refractivity contribution in [2.75, 3.05) is 34.0 Å². The van der Waals surface area contributed by atoms with E-state index in [0.717, 1.165) is 11.3 Å². The summed E-state index contributed by atoms with van der Waals surface area (Å²) in [6.07, 6.45) is -1.68. The van der Waals surface area contributed by atoms with E-state index < -0.39 is 47.0 Å². The largest absolute Gasteiger partial charge is 0.493 e. The first-order valence-corrected chi connectivity index (χ1v) is 19.6. The first-order chi connectivity index (χ1) is 27.2. The zero-order valence-corrected chi connectivity index (χ0v) is 35.2. The minimum absolute atomic E-state index is 0.00230. The summed E-state index contributed by atoms with van der Waals surface area (Å²) >= 11 is 1.04. The molecule has 2 aromatic carbocycles. The lowest BCUT2D eigenvalue weighted by atomic mass is 10.1. The predicted octanol–water partition coefficient (Wildman–Crippen LogP) is 7.43. The second kappa shape index (κ2) is 19.5. The number of nitrogens with zero attached hydrogens (tertiary/aromatic N) is 1. The molecule has 1 atom stereocenters. The van der Waals surface area contributed by atoms with Gasteiger partial charge in [0.2, 0.25) is 5.91 Å². The Labute approximate surface area is 340 Å². The monoisotopic (exact) mass is 834 g/mol. The molecule has 1 aliphatic heterocycles. The van der Waals surface area contributed by atoms with Crippen molar-refractivity contribution in [1.29, 1.82) is 0 Å². The Hall–Kier alpha value is -5.19. The molecular weight excluding hydrogens is 783 g/mol. The van der Waals surface area contributed by atoms with Crippen molar-refractivity contribution < 1.29 is 65.9 Å². The molecule has 1 aromatic heterocycles. The predicted molar refractivity (Wildman–Crippen MR) is 210 cm³/mol. The van der Waals surface area contributed by atoms with Gasteiger partial charge in [-0.2, -0.15) is 0 Å². The second-order valence-corrected chi connectivity index (χ2v) is 16.7. The molecule has 0 bridgehead atoms. The number of carbonyl (C=O) groups is 5. The summed E-state index contributed by atoms with van der Waals surface area (Å²) in [6.45, 7) is 12.1. The van der Waals surface area contributed by atoms with Crippen LogP contribution in [0.2, 0.25) is 0 Å². The van der Waals surface area contributed by atoms with Crippen molar-refractivity contribution in [1.82, 2.24) is 10.2 Å². The summed E-state index contributed by atoms with van der Waals surface area (Å²) < 4.78 is 70.0. The fourth-order valence-corrected chi connectivity index (χ4v) is 6.87. The van der Waals surface area contributed by atoms with Crippen LogP contribution in [-0.4, -0.2) is 85.9 Å². The molecule has 4 rings (SSSR count). The molecule has 0 fully saturated rings. The van der Waals surface area contributed by atoms with Crippen LogP contribution in [-0.2, 0) is 41.7 Å². The number of ketones is 1. The number of Topliss-reactive ketones (excluding diaryl/α,β-unsaturated/α-hetero) is 1. The fourth-order valence-electron chi connectivity index (χ4n) is 5.82. The maximum atomic E-state index is 15.8. The average Bonchev–Trinajstić information content (AvgIpc) is 3.77. The average molecular weight is 835 g/mol. The topological polar surface area (TPSA) is 165 Å². The quantitative estimate of drug-likeness (QED) is 0.0584. The van der Waals surface area contributed by atoms with Gasteiger partial charge in [0.05, 0.1) is 51.7 Å². The first-order valence-electron chi connectivity index (χ1n) is 18.8. The van der Waals surface area contributed by atoms with E-state index in [-0.39, 0.29) is 115 Å². The van der Waals surface area contributed by atoms with E-state index in [9.17, 15) is 24.0 Å². The summed E-state index contributed by atoms with van der Waals surface area (Å²) in [5.41, 5.74) is -0.503. The molecule has 0 radical (unpaired) electrons. The maximum absolute atomic E-state index is 15.8. The third kappa shape index (κ3) is 12.7. The molecule has 1 N–H and O–H groups in total. The van der Waals surface area contributed by atoms with Gasteiger partial charge in [0.15, 0.2) is 40.4 Å². The SMILES string of the molecule is COc1cc2c(c(F)c1OCCCOc1c(OC)cc3sc(C(=O)CCC(=O)O[C@H](C)CNC(=O)OC(C)(C)C)cc3c1F)CN(C(=O)CCC(=O)OC(C)(C)C)C2. The Morgan fingerprint density at radius 1 is 0.793 bits per heavy atom. The zero-order chi connectivity index (χ0) is 42.9.